The van der Waals surface area contributed by atoms with Crippen LogP contribution in [0.1, 0.15) is 62.0 Å². The van der Waals surface area contributed by atoms with E-state index < -0.39 is 0 Å². The summed E-state index contributed by atoms with van der Waals surface area (Å²) in [5.74, 6) is 1.97. The molecule has 6 heteroatoms. The monoisotopic (exact) mass is 361 g/mol. The fourth-order valence-electron chi connectivity index (χ4n) is 4.24. The van der Waals surface area contributed by atoms with Gasteiger partial charge in [-0.15, -0.1) is 0 Å². The van der Waals surface area contributed by atoms with E-state index in [1.54, 1.807) is 0 Å². The fraction of sp³-hybridized carbons (Fsp3) is 0.750. The molecular weight excluding hydrogens is 330 g/mol. The van der Waals surface area contributed by atoms with Crippen LogP contribution in [0.2, 0.25) is 0 Å². The quantitative estimate of drug-likeness (QED) is 0.781. The van der Waals surface area contributed by atoms with Crippen LogP contribution < -0.4 is 0 Å². The maximum atomic E-state index is 12.5. The molecule has 2 fully saturated rings. The first kappa shape index (κ1) is 18.9. The minimum atomic E-state index is 0.156. The fourth-order valence-corrected chi connectivity index (χ4v) is 4.24. The van der Waals surface area contributed by atoms with E-state index in [0.29, 0.717) is 45.4 Å². The summed E-state index contributed by atoms with van der Waals surface area (Å²) in [4.78, 5) is 28.7. The Morgan fingerprint density at radius 1 is 1.00 bits per heavy atom. The van der Waals surface area contributed by atoms with Crippen molar-refractivity contribution < 1.29 is 14.1 Å². The van der Waals surface area contributed by atoms with Crippen molar-refractivity contribution >= 4 is 11.8 Å². The maximum absolute atomic E-state index is 12.5. The number of aromatic nitrogens is 1. The van der Waals surface area contributed by atoms with Crippen LogP contribution in [0.15, 0.2) is 4.52 Å². The van der Waals surface area contributed by atoms with Crippen molar-refractivity contribution in [2.45, 2.75) is 65.2 Å². The van der Waals surface area contributed by atoms with Gasteiger partial charge >= 0.3 is 0 Å². The third-order valence-corrected chi connectivity index (χ3v) is 6.00. The van der Waals surface area contributed by atoms with Crippen molar-refractivity contribution in [1.82, 2.24) is 15.0 Å². The van der Waals surface area contributed by atoms with Crippen LogP contribution in [0.3, 0.4) is 0 Å². The SMILES string of the molecule is Cc1noc(C)c1CCC(=O)N1CCN(C(=O)CCC2CCCC2)CC1. The van der Waals surface area contributed by atoms with E-state index >= 15 is 0 Å². The molecule has 0 radical (unpaired) electrons. The molecule has 0 atom stereocenters. The topological polar surface area (TPSA) is 66.7 Å². The van der Waals surface area contributed by atoms with Crippen LogP contribution in [0.25, 0.3) is 0 Å². The van der Waals surface area contributed by atoms with E-state index in [4.69, 9.17) is 4.52 Å². The normalized spacial score (nSPS) is 18.5. The zero-order chi connectivity index (χ0) is 18.5. The van der Waals surface area contributed by atoms with E-state index in [9.17, 15) is 9.59 Å². The molecule has 0 unspecified atom stereocenters. The van der Waals surface area contributed by atoms with E-state index in [2.05, 4.69) is 5.16 Å². The summed E-state index contributed by atoms with van der Waals surface area (Å²) in [7, 11) is 0. The average Bonchev–Trinajstić information content (AvgIpc) is 3.28. The Morgan fingerprint density at radius 2 is 1.58 bits per heavy atom. The van der Waals surface area contributed by atoms with E-state index in [-0.39, 0.29) is 11.8 Å². The molecule has 2 amide bonds. The smallest absolute Gasteiger partial charge is 0.223 e. The Kier molecular flexibility index (Phi) is 6.33. The number of piperazine rings is 1. The lowest BCUT2D eigenvalue weighted by Crippen LogP contribution is -2.50. The van der Waals surface area contributed by atoms with Gasteiger partial charge < -0.3 is 14.3 Å². The highest BCUT2D eigenvalue weighted by atomic mass is 16.5. The van der Waals surface area contributed by atoms with Gasteiger partial charge in [0.25, 0.3) is 0 Å². The molecule has 1 aromatic rings. The summed E-state index contributed by atoms with van der Waals surface area (Å²) in [5.41, 5.74) is 1.91. The van der Waals surface area contributed by atoms with Gasteiger partial charge in [0.2, 0.25) is 11.8 Å². The van der Waals surface area contributed by atoms with E-state index in [1.165, 1.54) is 25.7 Å². The lowest BCUT2D eigenvalue weighted by atomic mass is 10.0. The Bertz CT molecular complexity index is 607. The zero-order valence-electron chi connectivity index (χ0n) is 16.1. The zero-order valence-corrected chi connectivity index (χ0v) is 16.1. The molecule has 144 valence electrons. The molecule has 1 aliphatic carbocycles. The second-order valence-corrected chi connectivity index (χ2v) is 7.75. The summed E-state index contributed by atoms with van der Waals surface area (Å²) in [6, 6.07) is 0. The number of carbonyl (C=O) groups is 2. The molecular formula is C20H31N3O3. The summed E-state index contributed by atoms with van der Waals surface area (Å²) < 4.78 is 5.15. The first-order chi connectivity index (χ1) is 12.5. The Balaban J connectivity index is 1.38. The minimum Gasteiger partial charge on any atom is -0.361 e. The van der Waals surface area contributed by atoms with Crippen LogP contribution in [-0.2, 0) is 16.0 Å². The van der Waals surface area contributed by atoms with Crippen LogP contribution in [-0.4, -0.2) is 52.9 Å². The number of aryl methyl sites for hydroxylation is 2. The molecule has 26 heavy (non-hydrogen) atoms. The van der Waals surface area contributed by atoms with Gasteiger partial charge in [0, 0.05) is 44.6 Å². The molecule has 1 aliphatic heterocycles. The highest BCUT2D eigenvalue weighted by molar-refractivity contribution is 5.78. The number of carbonyl (C=O) groups excluding carboxylic acids is 2. The Morgan fingerprint density at radius 3 is 2.12 bits per heavy atom. The predicted molar refractivity (Wildman–Crippen MR) is 98.7 cm³/mol. The van der Waals surface area contributed by atoms with Crippen LogP contribution in [0, 0.1) is 19.8 Å². The molecule has 2 heterocycles. The number of amides is 2. The molecule has 6 nitrogen and oxygen atoms in total. The van der Waals surface area contributed by atoms with Gasteiger partial charge in [0.05, 0.1) is 5.69 Å². The lowest BCUT2D eigenvalue weighted by Gasteiger charge is -2.35. The Hall–Kier alpha value is -1.85. The number of nitrogens with zero attached hydrogens (tertiary/aromatic N) is 3. The summed E-state index contributed by atoms with van der Waals surface area (Å²) >= 11 is 0. The van der Waals surface area contributed by atoms with Gasteiger partial charge in [0.1, 0.15) is 5.76 Å². The van der Waals surface area contributed by atoms with Gasteiger partial charge in [-0.3, -0.25) is 9.59 Å². The second kappa shape index (κ2) is 8.69. The van der Waals surface area contributed by atoms with Crippen molar-refractivity contribution in [3.63, 3.8) is 0 Å². The molecule has 1 aromatic heterocycles. The Labute approximate surface area is 155 Å². The van der Waals surface area contributed by atoms with Crippen LogP contribution >= 0.6 is 0 Å². The summed E-state index contributed by atoms with van der Waals surface area (Å²) in [6.45, 7) is 6.42. The number of rotatable bonds is 6. The van der Waals surface area contributed by atoms with Crippen molar-refractivity contribution in [1.29, 1.82) is 0 Å². The third-order valence-electron chi connectivity index (χ3n) is 6.00. The van der Waals surface area contributed by atoms with Gasteiger partial charge in [-0.2, -0.15) is 0 Å². The van der Waals surface area contributed by atoms with Crippen molar-refractivity contribution in [2.24, 2.45) is 5.92 Å². The molecule has 1 saturated heterocycles. The van der Waals surface area contributed by atoms with Gasteiger partial charge in [-0.05, 0) is 32.6 Å². The molecule has 0 spiro atoms. The molecule has 3 rings (SSSR count). The van der Waals surface area contributed by atoms with E-state index in [0.717, 1.165) is 29.4 Å². The number of hydrogen-bond acceptors (Lipinski definition) is 4. The standard InChI is InChI=1S/C20H31N3O3/c1-15-18(16(2)26-21-15)8-10-20(25)23-13-11-22(12-14-23)19(24)9-7-17-5-3-4-6-17/h17H,3-14H2,1-2H3. The maximum Gasteiger partial charge on any atom is 0.223 e. The van der Waals surface area contributed by atoms with Crippen LogP contribution in [0.5, 0.6) is 0 Å². The van der Waals surface area contributed by atoms with Crippen LogP contribution in [0.4, 0.5) is 0 Å². The molecule has 1 saturated carbocycles. The second-order valence-electron chi connectivity index (χ2n) is 7.75. The highest BCUT2D eigenvalue weighted by Gasteiger charge is 2.25. The van der Waals surface area contributed by atoms with Crippen molar-refractivity contribution in [3.8, 4) is 0 Å². The van der Waals surface area contributed by atoms with E-state index in [1.807, 2.05) is 23.6 Å². The third kappa shape index (κ3) is 4.65. The average molecular weight is 361 g/mol. The lowest BCUT2D eigenvalue weighted by molar-refractivity contribution is -0.139. The van der Waals surface area contributed by atoms with Gasteiger partial charge in [0.15, 0.2) is 0 Å². The van der Waals surface area contributed by atoms with Gasteiger partial charge in [-0.1, -0.05) is 30.8 Å². The largest absolute Gasteiger partial charge is 0.361 e. The molecule has 0 aromatic carbocycles. The van der Waals surface area contributed by atoms with Crippen molar-refractivity contribution in [3.05, 3.63) is 17.0 Å². The first-order valence-corrected chi connectivity index (χ1v) is 10.0. The first-order valence-electron chi connectivity index (χ1n) is 10.0. The minimum absolute atomic E-state index is 0.156. The number of hydrogen-bond donors (Lipinski definition) is 0. The summed E-state index contributed by atoms with van der Waals surface area (Å²) in [5, 5.41) is 3.94. The molecule has 0 bridgehead atoms. The predicted octanol–water partition coefficient (Wildman–Crippen LogP) is 2.87. The molecule has 0 N–H and O–H groups in total. The van der Waals surface area contributed by atoms with Gasteiger partial charge in [-0.25, -0.2) is 0 Å². The summed E-state index contributed by atoms with van der Waals surface area (Å²) in [6.07, 6.45) is 8.08. The molecule has 2 aliphatic rings. The van der Waals surface area contributed by atoms with Crippen molar-refractivity contribution in [2.75, 3.05) is 26.2 Å². The highest BCUT2D eigenvalue weighted by Crippen LogP contribution is 2.28.